The summed E-state index contributed by atoms with van der Waals surface area (Å²) in [5, 5.41) is 8.97. The monoisotopic (exact) mass is 281 g/mol. The number of rotatable bonds is 5. The Labute approximate surface area is 105 Å². The van der Waals surface area contributed by atoms with Gasteiger partial charge in [0.25, 0.3) is 0 Å². The van der Waals surface area contributed by atoms with E-state index >= 15 is 0 Å². The molecule has 0 saturated carbocycles. The van der Waals surface area contributed by atoms with Gasteiger partial charge in [0.15, 0.2) is 5.75 Å². The van der Waals surface area contributed by atoms with Gasteiger partial charge in [-0.25, -0.2) is 0 Å². The van der Waals surface area contributed by atoms with Crippen LogP contribution in [0.4, 0.5) is 0 Å². The predicted octanol–water partition coefficient (Wildman–Crippen LogP) is 4.14. The van der Waals surface area contributed by atoms with Crippen molar-refractivity contribution in [1.29, 1.82) is 5.26 Å². The highest BCUT2D eigenvalue weighted by Crippen LogP contribution is 2.29. The molecule has 16 heavy (non-hydrogen) atoms. The molecule has 0 saturated heterocycles. The summed E-state index contributed by atoms with van der Waals surface area (Å²) in [6.45, 7) is 4.98. The summed E-state index contributed by atoms with van der Waals surface area (Å²) in [7, 11) is 0. The largest absolute Gasteiger partial charge is 0.491 e. The number of para-hydroxylation sites is 1. The first kappa shape index (κ1) is 13.1. The van der Waals surface area contributed by atoms with E-state index in [2.05, 4.69) is 35.8 Å². The Balaban J connectivity index is 2.77. The first-order chi connectivity index (χ1) is 7.72. The molecule has 0 heterocycles. The third-order valence-corrected chi connectivity index (χ3v) is 3.33. The molecule has 0 radical (unpaired) electrons. The standard InChI is InChI=1S/C13H16BrNO/c1-3-10(4-2)9-16-13-11(8-15)6-5-7-12(13)14/h5-7,10H,3-4,9H2,1-2H3. The summed E-state index contributed by atoms with van der Waals surface area (Å²) in [5.41, 5.74) is 0.584. The number of ether oxygens (including phenoxy) is 1. The molecule has 0 bridgehead atoms. The first-order valence-electron chi connectivity index (χ1n) is 5.54. The molecule has 1 aromatic carbocycles. The van der Waals surface area contributed by atoms with E-state index in [9.17, 15) is 0 Å². The molecule has 86 valence electrons. The van der Waals surface area contributed by atoms with Crippen molar-refractivity contribution >= 4 is 15.9 Å². The number of hydrogen-bond donors (Lipinski definition) is 0. The Morgan fingerprint density at radius 3 is 2.62 bits per heavy atom. The number of halogens is 1. The Hall–Kier alpha value is -1.01. The van der Waals surface area contributed by atoms with Crippen molar-refractivity contribution in [2.75, 3.05) is 6.61 Å². The molecular formula is C13H16BrNO. The van der Waals surface area contributed by atoms with Gasteiger partial charge in [0.05, 0.1) is 16.6 Å². The van der Waals surface area contributed by atoms with Crippen molar-refractivity contribution in [3.8, 4) is 11.8 Å². The van der Waals surface area contributed by atoms with Crippen molar-refractivity contribution in [2.45, 2.75) is 26.7 Å². The van der Waals surface area contributed by atoms with Gasteiger partial charge in [-0.3, -0.25) is 0 Å². The quantitative estimate of drug-likeness (QED) is 0.813. The summed E-state index contributed by atoms with van der Waals surface area (Å²) in [6, 6.07) is 7.64. The summed E-state index contributed by atoms with van der Waals surface area (Å²) in [5.74, 6) is 1.22. The minimum atomic E-state index is 0.554. The van der Waals surface area contributed by atoms with Crippen LogP contribution in [-0.2, 0) is 0 Å². The average Bonchev–Trinajstić information content (AvgIpc) is 2.31. The fraction of sp³-hybridized carbons (Fsp3) is 0.462. The summed E-state index contributed by atoms with van der Waals surface area (Å²) in [6.07, 6.45) is 2.20. The van der Waals surface area contributed by atoms with Crippen LogP contribution in [0.15, 0.2) is 22.7 Å². The van der Waals surface area contributed by atoms with E-state index in [4.69, 9.17) is 10.00 Å². The van der Waals surface area contributed by atoms with E-state index in [1.807, 2.05) is 12.1 Å². The van der Waals surface area contributed by atoms with Crippen LogP contribution in [0.1, 0.15) is 32.3 Å². The van der Waals surface area contributed by atoms with E-state index in [-0.39, 0.29) is 0 Å². The predicted molar refractivity (Wildman–Crippen MR) is 68.4 cm³/mol. The average molecular weight is 282 g/mol. The van der Waals surface area contributed by atoms with Gasteiger partial charge in [0, 0.05) is 0 Å². The Kier molecular flexibility index (Phi) is 5.34. The van der Waals surface area contributed by atoms with Gasteiger partial charge in [-0.15, -0.1) is 0 Å². The lowest BCUT2D eigenvalue weighted by Gasteiger charge is -2.15. The normalized spacial score (nSPS) is 10.2. The molecule has 2 nitrogen and oxygen atoms in total. The van der Waals surface area contributed by atoms with Crippen molar-refractivity contribution in [3.63, 3.8) is 0 Å². The number of hydrogen-bond acceptors (Lipinski definition) is 2. The van der Waals surface area contributed by atoms with E-state index < -0.39 is 0 Å². The molecule has 1 rings (SSSR count). The zero-order chi connectivity index (χ0) is 12.0. The van der Waals surface area contributed by atoms with Crippen molar-refractivity contribution < 1.29 is 4.74 Å². The van der Waals surface area contributed by atoms with E-state index in [1.165, 1.54) is 0 Å². The topological polar surface area (TPSA) is 33.0 Å². The number of nitriles is 1. The third-order valence-electron chi connectivity index (χ3n) is 2.71. The molecule has 1 aromatic rings. The third kappa shape index (κ3) is 3.24. The van der Waals surface area contributed by atoms with Crippen LogP contribution in [0.2, 0.25) is 0 Å². The molecule has 0 atom stereocenters. The minimum Gasteiger partial charge on any atom is -0.491 e. The molecule has 0 aliphatic heterocycles. The van der Waals surface area contributed by atoms with Crippen molar-refractivity contribution in [2.24, 2.45) is 5.92 Å². The van der Waals surface area contributed by atoms with Crippen LogP contribution in [0.5, 0.6) is 5.75 Å². The molecule has 0 aliphatic carbocycles. The second kappa shape index (κ2) is 6.55. The fourth-order valence-electron chi connectivity index (χ4n) is 1.47. The molecule has 0 fully saturated rings. The SMILES string of the molecule is CCC(CC)COc1c(Br)cccc1C#N. The molecule has 0 amide bonds. The maximum absolute atomic E-state index is 8.97. The van der Waals surface area contributed by atoms with Gasteiger partial charge >= 0.3 is 0 Å². The Morgan fingerprint density at radius 1 is 1.38 bits per heavy atom. The zero-order valence-corrected chi connectivity index (χ0v) is 11.3. The summed E-state index contributed by atoms with van der Waals surface area (Å²) >= 11 is 3.41. The molecule has 0 spiro atoms. The van der Waals surface area contributed by atoms with Crippen LogP contribution < -0.4 is 4.74 Å². The fourth-order valence-corrected chi connectivity index (χ4v) is 1.95. The summed E-state index contributed by atoms with van der Waals surface area (Å²) < 4.78 is 6.58. The Morgan fingerprint density at radius 2 is 2.06 bits per heavy atom. The molecule has 3 heteroatoms. The highest BCUT2D eigenvalue weighted by atomic mass is 79.9. The van der Waals surface area contributed by atoms with Crippen LogP contribution in [0.3, 0.4) is 0 Å². The van der Waals surface area contributed by atoms with Crippen molar-refractivity contribution in [3.05, 3.63) is 28.2 Å². The van der Waals surface area contributed by atoms with Gasteiger partial charge in [-0.05, 0) is 34.0 Å². The lowest BCUT2D eigenvalue weighted by atomic mass is 10.1. The van der Waals surface area contributed by atoms with Crippen molar-refractivity contribution in [1.82, 2.24) is 0 Å². The molecule has 0 unspecified atom stereocenters. The highest BCUT2D eigenvalue weighted by Gasteiger charge is 2.10. The molecule has 0 aliphatic rings. The lowest BCUT2D eigenvalue weighted by Crippen LogP contribution is -2.11. The van der Waals surface area contributed by atoms with Gasteiger partial charge in [0.2, 0.25) is 0 Å². The smallest absolute Gasteiger partial charge is 0.151 e. The van der Waals surface area contributed by atoms with Gasteiger partial charge < -0.3 is 4.74 Å². The first-order valence-corrected chi connectivity index (χ1v) is 6.33. The molecular weight excluding hydrogens is 266 g/mol. The zero-order valence-electron chi connectivity index (χ0n) is 9.66. The maximum atomic E-state index is 8.97. The van der Waals surface area contributed by atoms with Gasteiger partial charge in [0.1, 0.15) is 6.07 Å². The second-order valence-corrected chi connectivity index (χ2v) is 4.58. The van der Waals surface area contributed by atoms with Gasteiger partial charge in [-0.2, -0.15) is 5.26 Å². The Bertz CT molecular complexity index is 380. The van der Waals surface area contributed by atoms with E-state index in [0.29, 0.717) is 23.8 Å². The van der Waals surface area contributed by atoms with Crippen LogP contribution in [-0.4, -0.2) is 6.61 Å². The highest BCUT2D eigenvalue weighted by molar-refractivity contribution is 9.10. The van der Waals surface area contributed by atoms with Crippen LogP contribution >= 0.6 is 15.9 Å². The van der Waals surface area contributed by atoms with Crippen LogP contribution in [0, 0.1) is 17.2 Å². The van der Waals surface area contributed by atoms with Crippen LogP contribution in [0.25, 0.3) is 0 Å². The summed E-state index contributed by atoms with van der Waals surface area (Å²) in [4.78, 5) is 0. The van der Waals surface area contributed by atoms with E-state index in [1.54, 1.807) is 6.07 Å². The lowest BCUT2D eigenvalue weighted by molar-refractivity contribution is 0.239. The minimum absolute atomic E-state index is 0.554. The second-order valence-electron chi connectivity index (χ2n) is 3.72. The molecule has 0 aromatic heterocycles. The van der Waals surface area contributed by atoms with Gasteiger partial charge in [-0.1, -0.05) is 32.8 Å². The van der Waals surface area contributed by atoms with E-state index in [0.717, 1.165) is 17.3 Å². The number of nitrogens with zero attached hydrogens (tertiary/aromatic N) is 1. The maximum Gasteiger partial charge on any atom is 0.151 e. The number of benzene rings is 1. The molecule has 0 N–H and O–H groups in total.